The molecule has 0 spiro atoms. The number of hydrogen-bond donors (Lipinski definition) is 2. The number of carbonyl (C=O) groups is 1. The van der Waals surface area contributed by atoms with Crippen molar-refractivity contribution in [2.75, 3.05) is 30.1 Å². The largest absolute Gasteiger partial charge is 0.481 e. The van der Waals surface area contributed by atoms with E-state index in [0.717, 1.165) is 49.1 Å². The van der Waals surface area contributed by atoms with Crippen LogP contribution in [0.5, 0.6) is 5.75 Å². The highest BCUT2D eigenvalue weighted by molar-refractivity contribution is 8.24. The summed E-state index contributed by atoms with van der Waals surface area (Å²) >= 11 is 1.47. The van der Waals surface area contributed by atoms with Gasteiger partial charge in [0.15, 0.2) is 6.61 Å². The molecule has 9 heteroatoms. The minimum Gasteiger partial charge on any atom is -0.481 e. The summed E-state index contributed by atoms with van der Waals surface area (Å²) in [5.74, 6) is 0.203. The summed E-state index contributed by atoms with van der Waals surface area (Å²) in [4.78, 5) is 15.8. The number of carbonyl (C=O) groups excluding carboxylic acids is 1. The zero-order chi connectivity index (χ0) is 29.6. The molecule has 0 bridgehead atoms. The molecule has 1 aliphatic rings. The summed E-state index contributed by atoms with van der Waals surface area (Å²) in [7, 11) is -3.21. The SMILES string of the molecule is CCCCC1(CCCC)CN(c2ccc(C#N)cc2)c2cc(SC)c(OCC(=O)OC(C)(C)C)cc2S(O)(O)C1. The Kier molecular flexibility index (Phi) is 10.9. The van der Waals surface area contributed by atoms with Crippen LogP contribution in [0.15, 0.2) is 46.2 Å². The average Bonchev–Trinajstić information content (AvgIpc) is 3.00. The number of nitrogens with zero attached hydrogens (tertiary/aromatic N) is 2. The van der Waals surface area contributed by atoms with Crippen molar-refractivity contribution in [2.24, 2.45) is 5.41 Å². The van der Waals surface area contributed by atoms with Gasteiger partial charge in [0, 0.05) is 29.5 Å². The zero-order valence-corrected chi connectivity index (χ0v) is 26.3. The monoisotopic (exact) mass is 588 g/mol. The summed E-state index contributed by atoms with van der Waals surface area (Å²) in [5, 5.41) is 9.36. The second kappa shape index (κ2) is 13.5. The van der Waals surface area contributed by atoms with Gasteiger partial charge in [-0.1, -0.05) is 39.5 Å². The van der Waals surface area contributed by atoms with Crippen LogP contribution in [0.25, 0.3) is 0 Å². The smallest absolute Gasteiger partial charge is 0.344 e. The lowest BCUT2D eigenvalue weighted by Crippen LogP contribution is -2.37. The van der Waals surface area contributed by atoms with Crippen molar-refractivity contribution in [3.8, 4) is 11.8 Å². The van der Waals surface area contributed by atoms with E-state index >= 15 is 0 Å². The van der Waals surface area contributed by atoms with Crippen molar-refractivity contribution < 1.29 is 23.4 Å². The van der Waals surface area contributed by atoms with Crippen LogP contribution in [0.4, 0.5) is 11.4 Å². The number of ether oxygens (including phenoxy) is 2. The normalized spacial score (nSPS) is 16.8. The van der Waals surface area contributed by atoms with Crippen molar-refractivity contribution in [1.82, 2.24) is 0 Å². The van der Waals surface area contributed by atoms with E-state index in [0.29, 0.717) is 28.4 Å². The van der Waals surface area contributed by atoms with Crippen molar-refractivity contribution in [1.29, 1.82) is 5.26 Å². The molecule has 0 fully saturated rings. The molecular formula is C31H44N2O5S2. The predicted octanol–water partition coefficient (Wildman–Crippen LogP) is 8.63. The van der Waals surface area contributed by atoms with Crippen molar-refractivity contribution in [3.63, 3.8) is 0 Å². The number of hydrogen-bond acceptors (Lipinski definition) is 8. The molecule has 40 heavy (non-hydrogen) atoms. The first kappa shape index (κ1) is 32.1. The maximum absolute atomic E-state index is 12.4. The van der Waals surface area contributed by atoms with Crippen molar-refractivity contribution in [2.45, 2.75) is 88.5 Å². The van der Waals surface area contributed by atoms with E-state index in [1.54, 1.807) is 39.0 Å². The summed E-state index contributed by atoms with van der Waals surface area (Å²) in [6.45, 7) is 10.1. The Morgan fingerprint density at radius 1 is 1.12 bits per heavy atom. The summed E-state index contributed by atoms with van der Waals surface area (Å²) < 4.78 is 35.0. The highest BCUT2D eigenvalue weighted by atomic mass is 32.3. The molecule has 0 saturated heterocycles. The molecule has 2 aromatic carbocycles. The minimum atomic E-state index is -3.21. The van der Waals surface area contributed by atoms with Gasteiger partial charge in [0.25, 0.3) is 0 Å². The zero-order valence-electron chi connectivity index (χ0n) is 24.7. The van der Waals surface area contributed by atoms with E-state index in [9.17, 15) is 19.2 Å². The summed E-state index contributed by atoms with van der Waals surface area (Å²) in [5.41, 5.74) is 1.24. The number of thioether (sulfide) groups is 1. The summed E-state index contributed by atoms with van der Waals surface area (Å²) in [6, 6.07) is 13.3. The first-order valence-electron chi connectivity index (χ1n) is 14.0. The number of unbranched alkanes of at least 4 members (excludes halogenated alkanes) is 2. The van der Waals surface area contributed by atoms with Gasteiger partial charge >= 0.3 is 5.97 Å². The van der Waals surface area contributed by atoms with Crippen LogP contribution in [-0.2, 0) is 9.53 Å². The lowest BCUT2D eigenvalue weighted by molar-refractivity contribution is -0.157. The Balaban J connectivity index is 2.15. The molecule has 0 radical (unpaired) electrons. The average molecular weight is 589 g/mol. The van der Waals surface area contributed by atoms with Crippen LogP contribution in [-0.4, -0.2) is 45.8 Å². The third-order valence-electron chi connectivity index (χ3n) is 7.08. The van der Waals surface area contributed by atoms with E-state index in [1.807, 2.05) is 24.5 Å². The standard InChI is InChI=1S/C31H44N2O5S2/c1-7-9-15-31(16-10-8-2)21-33(24-13-11-23(19-32)12-14-24)25-17-27(39-6)26(18-28(25)40(35,36)22-31)37-20-29(34)38-30(3,4)5/h11-14,17-18,35-36H,7-10,15-16,20-22H2,1-6H3. The molecule has 1 aliphatic heterocycles. The topological polar surface area (TPSA) is 103 Å². The Morgan fingerprint density at radius 3 is 2.27 bits per heavy atom. The number of benzene rings is 2. The molecule has 1 heterocycles. The number of esters is 1. The molecule has 7 nitrogen and oxygen atoms in total. The number of rotatable bonds is 11. The van der Waals surface area contributed by atoms with Gasteiger partial charge in [-0.15, -0.1) is 11.8 Å². The van der Waals surface area contributed by atoms with E-state index in [4.69, 9.17) is 9.47 Å². The highest BCUT2D eigenvalue weighted by Crippen LogP contribution is 2.62. The first-order chi connectivity index (χ1) is 18.9. The van der Waals surface area contributed by atoms with E-state index in [1.165, 1.54) is 11.8 Å². The van der Waals surface area contributed by atoms with Gasteiger partial charge in [0.2, 0.25) is 0 Å². The Labute approximate surface area is 245 Å². The molecule has 0 aliphatic carbocycles. The molecule has 220 valence electrons. The van der Waals surface area contributed by atoms with Gasteiger partial charge in [-0.3, -0.25) is 9.11 Å². The van der Waals surface area contributed by atoms with Crippen molar-refractivity contribution in [3.05, 3.63) is 42.0 Å². The quantitative estimate of drug-likeness (QED) is 0.199. The molecule has 3 rings (SSSR count). The molecule has 0 atom stereocenters. The Bertz CT molecular complexity index is 1190. The Hall–Kier alpha value is -2.38. The fourth-order valence-electron chi connectivity index (χ4n) is 5.23. The van der Waals surface area contributed by atoms with Crippen LogP contribution in [0, 0.1) is 16.7 Å². The van der Waals surface area contributed by atoms with E-state index in [-0.39, 0.29) is 17.8 Å². The third kappa shape index (κ3) is 8.10. The van der Waals surface area contributed by atoms with E-state index in [2.05, 4.69) is 24.8 Å². The van der Waals surface area contributed by atoms with Crippen LogP contribution in [0.2, 0.25) is 0 Å². The van der Waals surface area contributed by atoms with Crippen molar-refractivity contribution >= 4 is 39.7 Å². The minimum absolute atomic E-state index is 0.268. The van der Waals surface area contributed by atoms with Crippen LogP contribution < -0.4 is 9.64 Å². The van der Waals surface area contributed by atoms with Crippen LogP contribution in [0.3, 0.4) is 0 Å². The van der Waals surface area contributed by atoms with Gasteiger partial charge in [0.05, 0.1) is 27.1 Å². The van der Waals surface area contributed by atoms with Gasteiger partial charge < -0.3 is 14.4 Å². The van der Waals surface area contributed by atoms with Gasteiger partial charge in [-0.05, 0) is 70.2 Å². The molecule has 0 saturated carbocycles. The number of anilines is 2. The second-order valence-corrected chi connectivity index (χ2v) is 14.5. The second-order valence-electron chi connectivity index (χ2n) is 11.6. The third-order valence-corrected chi connectivity index (χ3v) is 9.89. The molecule has 0 amide bonds. The lowest BCUT2D eigenvalue weighted by atomic mass is 9.79. The molecular weight excluding hydrogens is 544 g/mol. The predicted molar refractivity (Wildman–Crippen MR) is 165 cm³/mol. The van der Waals surface area contributed by atoms with Crippen LogP contribution >= 0.6 is 22.4 Å². The lowest BCUT2D eigenvalue weighted by Gasteiger charge is -2.42. The van der Waals surface area contributed by atoms with Crippen LogP contribution in [0.1, 0.15) is 78.7 Å². The van der Waals surface area contributed by atoms with Gasteiger partial charge in [0.1, 0.15) is 11.4 Å². The fraction of sp³-hybridized carbons (Fsp3) is 0.548. The Morgan fingerprint density at radius 2 is 1.75 bits per heavy atom. The maximum Gasteiger partial charge on any atom is 0.344 e. The first-order valence-corrected chi connectivity index (χ1v) is 16.9. The fourth-order valence-corrected chi connectivity index (χ4v) is 7.97. The van der Waals surface area contributed by atoms with E-state index < -0.39 is 22.2 Å². The number of nitriles is 1. The molecule has 2 aromatic rings. The number of fused-ring (bicyclic) bond motifs is 1. The maximum atomic E-state index is 12.4. The molecule has 2 N–H and O–H groups in total. The molecule has 0 unspecified atom stereocenters. The highest BCUT2D eigenvalue weighted by Gasteiger charge is 2.42. The summed E-state index contributed by atoms with van der Waals surface area (Å²) in [6.07, 6.45) is 7.74. The molecule has 0 aromatic heterocycles. The van der Waals surface area contributed by atoms with Gasteiger partial charge in [-0.25, -0.2) is 4.79 Å². The van der Waals surface area contributed by atoms with Gasteiger partial charge in [-0.2, -0.15) is 15.9 Å².